The van der Waals surface area contributed by atoms with Gasteiger partial charge in [-0.05, 0) is 42.8 Å². The number of hydrogen-bond donors (Lipinski definition) is 0. The number of benzene rings is 1. The first-order chi connectivity index (χ1) is 10.6. The molecule has 0 fully saturated rings. The third kappa shape index (κ3) is 3.99. The number of aromatic nitrogens is 1. The van der Waals surface area contributed by atoms with Crippen LogP contribution in [0.4, 0.5) is 5.69 Å². The Hall–Kier alpha value is -3.02. The van der Waals surface area contributed by atoms with E-state index in [0.29, 0.717) is 12.3 Å². The van der Waals surface area contributed by atoms with Crippen molar-refractivity contribution in [1.82, 2.24) is 4.98 Å². The van der Waals surface area contributed by atoms with Gasteiger partial charge in [0, 0.05) is 12.1 Å². The van der Waals surface area contributed by atoms with Gasteiger partial charge in [0.25, 0.3) is 5.69 Å². The standard InChI is InChI=1S/C16H14N2O4/c1-2-22-16(19)15-5-3-4-13(17-15)9-6-12-7-10-14(11-8-12)18(20)21/h3-11H,2H2,1H3/b9-6+. The van der Waals surface area contributed by atoms with E-state index in [1.54, 1.807) is 49.4 Å². The van der Waals surface area contributed by atoms with Gasteiger partial charge in [-0.1, -0.05) is 12.1 Å². The van der Waals surface area contributed by atoms with Crippen molar-refractivity contribution in [2.45, 2.75) is 6.92 Å². The van der Waals surface area contributed by atoms with Crippen LogP contribution in [-0.4, -0.2) is 22.5 Å². The summed E-state index contributed by atoms with van der Waals surface area (Å²) >= 11 is 0. The minimum atomic E-state index is -0.465. The molecule has 112 valence electrons. The summed E-state index contributed by atoms with van der Waals surface area (Å²) in [6.07, 6.45) is 3.49. The van der Waals surface area contributed by atoms with Crippen molar-refractivity contribution in [3.63, 3.8) is 0 Å². The zero-order chi connectivity index (χ0) is 15.9. The molecule has 0 aliphatic heterocycles. The van der Waals surface area contributed by atoms with Crippen LogP contribution in [0.5, 0.6) is 0 Å². The third-order valence-electron chi connectivity index (χ3n) is 2.81. The summed E-state index contributed by atoms with van der Waals surface area (Å²) in [5.41, 5.74) is 1.69. The molecule has 0 aliphatic rings. The smallest absolute Gasteiger partial charge is 0.356 e. The Kier molecular flexibility index (Phi) is 4.98. The van der Waals surface area contributed by atoms with Crippen LogP contribution in [-0.2, 0) is 4.74 Å². The van der Waals surface area contributed by atoms with Crippen molar-refractivity contribution in [2.24, 2.45) is 0 Å². The molecule has 0 aliphatic carbocycles. The molecule has 1 aromatic heterocycles. The average Bonchev–Trinajstić information content (AvgIpc) is 2.54. The second kappa shape index (κ2) is 7.12. The molecule has 22 heavy (non-hydrogen) atoms. The summed E-state index contributed by atoms with van der Waals surface area (Å²) in [7, 11) is 0. The number of nitrogens with zero attached hydrogens (tertiary/aromatic N) is 2. The molecule has 6 nitrogen and oxygen atoms in total. The Bertz CT molecular complexity index is 708. The Morgan fingerprint density at radius 2 is 1.95 bits per heavy atom. The molecule has 0 atom stereocenters. The first-order valence-corrected chi connectivity index (χ1v) is 6.67. The molecular formula is C16H14N2O4. The highest BCUT2D eigenvalue weighted by molar-refractivity contribution is 5.87. The van der Waals surface area contributed by atoms with Gasteiger partial charge >= 0.3 is 5.97 Å². The first-order valence-electron chi connectivity index (χ1n) is 6.67. The van der Waals surface area contributed by atoms with E-state index in [2.05, 4.69) is 4.98 Å². The van der Waals surface area contributed by atoms with E-state index in [4.69, 9.17) is 4.74 Å². The molecule has 0 saturated carbocycles. The van der Waals surface area contributed by atoms with Crippen LogP contribution in [0, 0.1) is 10.1 Å². The molecule has 1 aromatic carbocycles. The van der Waals surface area contributed by atoms with Crippen LogP contribution in [0.3, 0.4) is 0 Å². The van der Waals surface area contributed by atoms with E-state index in [1.165, 1.54) is 12.1 Å². The summed E-state index contributed by atoms with van der Waals surface area (Å²) in [6.45, 7) is 2.03. The second-order valence-electron chi connectivity index (χ2n) is 4.35. The minimum Gasteiger partial charge on any atom is -0.461 e. The fourth-order valence-electron chi connectivity index (χ4n) is 1.75. The lowest BCUT2D eigenvalue weighted by Gasteiger charge is -2.01. The number of rotatable bonds is 5. The molecule has 2 rings (SSSR count). The molecule has 0 unspecified atom stereocenters. The van der Waals surface area contributed by atoms with Gasteiger partial charge in [-0.2, -0.15) is 0 Å². The van der Waals surface area contributed by atoms with Crippen LogP contribution in [0.1, 0.15) is 28.7 Å². The zero-order valence-electron chi connectivity index (χ0n) is 11.9. The fourth-order valence-corrected chi connectivity index (χ4v) is 1.75. The van der Waals surface area contributed by atoms with Gasteiger partial charge in [-0.25, -0.2) is 9.78 Å². The molecule has 2 aromatic rings. The van der Waals surface area contributed by atoms with Crippen LogP contribution in [0.25, 0.3) is 12.2 Å². The number of ether oxygens (including phenoxy) is 1. The Labute approximate surface area is 127 Å². The minimum absolute atomic E-state index is 0.0413. The number of non-ortho nitro benzene ring substituents is 1. The van der Waals surface area contributed by atoms with E-state index >= 15 is 0 Å². The third-order valence-corrected chi connectivity index (χ3v) is 2.81. The maximum atomic E-state index is 11.6. The predicted octanol–water partition coefficient (Wildman–Crippen LogP) is 3.34. The van der Waals surface area contributed by atoms with Crippen LogP contribution >= 0.6 is 0 Å². The normalized spacial score (nSPS) is 10.6. The SMILES string of the molecule is CCOC(=O)c1cccc(/C=C/c2ccc([N+](=O)[O-])cc2)n1. The molecule has 1 heterocycles. The maximum absolute atomic E-state index is 11.6. The fraction of sp³-hybridized carbons (Fsp3) is 0.125. The summed E-state index contributed by atoms with van der Waals surface area (Å²) in [4.78, 5) is 25.9. The van der Waals surface area contributed by atoms with Crippen molar-refractivity contribution in [2.75, 3.05) is 6.61 Å². The van der Waals surface area contributed by atoms with Crippen LogP contribution in [0.2, 0.25) is 0 Å². The van der Waals surface area contributed by atoms with Crippen molar-refractivity contribution in [3.05, 3.63) is 69.5 Å². The maximum Gasteiger partial charge on any atom is 0.356 e. The molecule has 0 spiro atoms. The van der Waals surface area contributed by atoms with Crippen molar-refractivity contribution in [1.29, 1.82) is 0 Å². The Balaban J connectivity index is 2.14. The number of hydrogen-bond acceptors (Lipinski definition) is 5. The number of nitro groups is 1. The van der Waals surface area contributed by atoms with Crippen molar-refractivity contribution in [3.8, 4) is 0 Å². The lowest BCUT2D eigenvalue weighted by molar-refractivity contribution is -0.384. The number of carbonyl (C=O) groups excluding carboxylic acids is 1. The van der Waals surface area contributed by atoms with Crippen molar-refractivity contribution >= 4 is 23.8 Å². The molecule has 0 amide bonds. The highest BCUT2D eigenvalue weighted by atomic mass is 16.6. The van der Waals surface area contributed by atoms with Gasteiger partial charge in [0.15, 0.2) is 0 Å². The molecular weight excluding hydrogens is 284 g/mol. The Morgan fingerprint density at radius 1 is 1.23 bits per heavy atom. The van der Waals surface area contributed by atoms with Crippen LogP contribution < -0.4 is 0 Å². The monoisotopic (exact) mass is 298 g/mol. The predicted molar refractivity (Wildman–Crippen MR) is 82.2 cm³/mol. The highest BCUT2D eigenvalue weighted by Gasteiger charge is 2.07. The molecule has 6 heteroatoms. The highest BCUT2D eigenvalue weighted by Crippen LogP contribution is 2.14. The lowest BCUT2D eigenvalue weighted by atomic mass is 10.2. The number of nitro benzene ring substituents is 1. The second-order valence-corrected chi connectivity index (χ2v) is 4.35. The molecule has 0 saturated heterocycles. The molecule has 0 N–H and O–H groups in total. The summed E-state index contributed by atoms with van der Waals surface area (Å²) < 4.78 is 4.89. The molecule has 0 bridgehead atoms. The summed E-state index contributed by atoms with van der Waals surface area (Å²) in [6, 6.07) is 11.2. The van der Waals surface area contributed by atoms with E-state index in [0.717, 1.165) is 5.56 Å². The van der Waals surface area contributed by atoms with E-state index in [9.17, 15) is 14.9 Å². The summed E-state index contributed by atoms with van der Waals surface area (Å²) in [5.74, 6) is -0.465. The lowest BCUT2D eigenvalue weighted by Crippen LogP contribution is -2.07. The summed E-state index contributed by atoms with van der Waals surface area (Å²) in [5, 5.41) is 10.6. The zero-order valence-corrected chi connectivity index (χ0v) is 11.9. The number of esters is 1. The van der Waals surface area contributed by atoms with Crippen LogP contribution in [0.15, 0.2) is 42.5 Å². The van der Waals surface area contributed by atoms with Gasteiger partial charge in [0.1, 0.15) is 5.69 Å². The van der Waals surface area contributed by atoms with Gasteiger partial charge in [0.05, 0.1) is 17.2 Å². The molecule has 0 radical (unpaired) electrons. The van der Waals surface area contributed by atoms with Gasteiger partial charge in [0.2, 0.25) is 0 Å². The quantitative estimate of drug-likeness (QED) is 0.480. The van der Waals surface area contributed by atoms with Gasteiger partial charge in [-0.3, -0.25) is 10.1 Å². The topological polar surface area (TPSA) is 82.3 Å². The number of carbonyl (C=O) groups is 1. The largest absolute Gasteiger partial charge is 0.461 e. The van der Waals surface area contributed by atoms with E-state index in [1.807, 2.05) is 0 Å². The van der Waals surface area contributed by atoms with E-state index in [-0.39, 0.29) is 11.4 Å². The first kappa shape index (κ1) is 15.4. The van der Waals surface area contributed by atoms with Crippen molar-refractivity contribution < 1.29 is 14.5 Å². The van der Waals surface area contributed by atoms with Gasteiger partial charge < -0.3 is 4.74 Å². The Morgan fingerprint density at radius 3 is 2.59 bits per heavy atom. The van der Waals surface area contributed by atoms with Gasteiger partial charge in [-0.15, -0.1) is 0 Å². The van der Waals surface area contributed by atoms with E-state index < -0.39 is 10.9 Å². The number of pyridine rings is 1. The average molecular weight is 298 g/mol.